The molecule has 29 heavy (non-hydrogen) atoms. The van der Waals surface area contributed by atoms with Gasteiger partial charge in [0.05, 0.1) is 18.8 Å². The Kier molecular flexibility index (Phi) is 9.90. The molecule has 1 rings (SSSR count). The summed E-state index contributed by atoms with van der Waals surface area (Å²) in [4.78, 5) is 12.2. The molecule has 0 fully saturated rings. The van der Waals surface area contributed by atoms with Crippen molar-refractivity contribution in [2.45, 2.75) is 61.0 Å². The molecule has 0 bridgehead atoms. The van der Waals surface area contributed by atoms with E-state index in [-0.39, 0.29) is 23.2 Å². The fraction of sp³-hybridized carbons (Fsp3) is 0.480. The molecule has 0 aliphatic carbocycles. The number of ether oxygens (including phenoxy) is 1. The van der Waals surface area contributed by atoms with E-state index in [1.54, 1.807) is 13.8 Å². The predicted molar refractivity (Wildman–Crippen MR) is 121 cm³/mol. The summed E-state index contributed by atoms with van der Waals surface area (Å²) < 4.78 is 10.8. The highest BCUT2D eigenvalue weighted by molar-refractivity contribution is 5.49. The molecule has 0 aliphatic heterocycles. The molecule has 4 heteroatoms. The number of methoxy groups -OCH3 is 1. The molecule has 3 atom stereocenters. The van der Waals surface area contributed by atoms with Gasteiger partial charge in [0.2, 0.25) is 0 Å². The Hall–Kier alpha value is -2.33. The number of hydrogen-bond acceptors (Lipinski definition) is 4. The van der Waals surface area contributed by atoms with Crippen LogP contribution >= 0.6 is 0 Å². The van der Waals surface area contributed by atoms with E-state index in [0.717, 1.165) is 17.6 Å². The van der Waals surface area contributed by atoms with Gasteiger partial charge in [-0.05, 0) is 58.6 Å². The molecule has 0 aromatic carbocycles. The molecule has 4 nitrogen and oxygen atoms in total. The van der Waals surface area contributed by atoms with E-state index >= 15 is 0 Å². The van der Waals surface area contributed by atoms with Gasteiger partial charge in [-0.3, -0.25) is 4.79 Å². The zero-order chi connectivity index (χ0) is 22.1. The Morgan fingerprint density at radius 2 is 1.86 bits per heavy atom. The maximum atomic E-state index is 12.2. The van der Waals surface area contributed by atoms with Crippen LogP contribution in [0.5, 0.6) is 5.95 Å². The maximum absolute atomic E-state index is 12.2. The number of rotatable bonds is 9. The van der Waals surface area contributed by atoms with E-state index in [0.29, 0.717) is 16.9 Å². The van der Waals surface area contributed by atoms with Crippen LogP contribution in [-0.2, 0) is 0 Å². The van der Waals surface area contributed by atoms with Gasteiger partial charge in [-0.1, -0.05) is 49.8 Å². The third kappa shape index (κ3) is 7.21. The van der Waals surface area contributed by atoms with Crippen molar-refractivity contribution >= 4 is 6.08 Å². The molecular formula is C25H36O4. The summed E-state index contributed by atoms with van der Waals surface area (Å²) in [5.74, 6) is 1.14. The standard InChI is InChI=1S/C25H36O4/c1-9-18(4)23(26)19(5)15-17(3)12-10-11-16(2)13-14-22-20(6)24(27)21(7)25(28-8)29-22/h9-10,12-16,19,23,26H,11H2,1-8H3/b12-10+,14-13+,17-15+,18-9+. The van der Waals surface area contributed by atoms with Gasteiger partial charge in [-0.15, -0.1) is 0 Å². The Balaban J connectivity index is 2.76. The summed E-state index contributed by atoms with van der Waals surface area (Å²) in [5.41, 5.74) is 3.14. The smallest absolute Gasteiger partial charge is 0.291 e. The Morgan fingerprint density at radius 1 is 1.21 bits per heavy atom. The molecule has 0 aliphatic rings. The monoisotopic (exact) mass is 400 g/mol. The average molecular weight is 401 g/mol. The fourth-order valence-electron chi connectivity index (χ4n) is 3.04. The van der Waals surface area contributed by atoms with Gasteiger partial charge in [0, 0.05) is 11.5 Å². The van der Waals surface area contributed by atoms with Crippen LogP contribution in [0.1, 0.15) is 57.9 Å². The molecule has 0 spiro atoms. The lowest BCUT2D eigenvalue weighted by Gasteiger charge is -2.16. The lowest BCUT2D eigenvalue weighted by molar-refractivity contribution is 0.173. The van der Waals surface area contributed by atoms with Crippen LogP contribution in [0.15, 0.2) is 50.7 Å². The van der Waals surface area contributed by atoms with Crippen molar-refractivity contribution in [1.29, 1.82) is 0 Å². The van der Waals surface area contributed by atoms with Crippen molar-refractivity contribution in [2.75, 3.05) is 7.11 Å². The van der Waals surface area contributed by atoms with E-state index in [4.69, 9.17) is 9.15 Å². The Morgan fingerprint density at radius 3 is 2.45 bits per heavy atom. The third-order valence-electron chi connectivity index (χ3n) is 5.16. The van der Waals surface area contributed by atoms with E-state index in [1.165, 1.54) is 7.11 Å². The fourth-order valence-corrected chi connectivity index (χ4v) is 3.04. The number of aliphatic hydroxyl groups is 1. The first-order valence-electron chi connectivity index (χ1n) is 10.1. The first kappa shape index (κ1) is 24.7. The lowest BCUT2D eigenvalue weighted by Crippen LogP contribution is -2.17. The highest BCUT2D eigenvalue weighted by Gasteiger charge is 2.13. The first-order chi connectivity index (χ1) is 13.6. The van der Waals surface area contributed by atoms with E-state index in [1.807, 2.05) is 45.9 Å². The lowest BCUT2D eigenvalue weighted by atomic mass is 9.96. The van der Waals surface area contributed by atoms with Crippen molar-refractivity contribution in [3.63, 3.8) is 0 Å². The number of allylic oxidation sites excluding steroid dienone is 5. The molecule has 0 saturated carbocycles. The highest BCUT2D eigenvalue weighted by Crippen LogP contribution is 2.21. The zero-order valence-electron chi connectivity index (χ0n) is 19.1. The van der Waals surface area contributed by atoms with Gasteiger partial charge in [0.1, 0.15) is 5.76 Å². The zero-order valence-corrected chi connectivity index (χ0v) is 19.1. The molecule has 3 unspecified atom stereocenters. The quantitative estimate of drug-likeness (QED) is 0.422. The second-order valence-corrected chi connectivity index (χ2v) is 7.76. The summed E-state index contributed by atoms with van der Waals surface area (Å²) in [6.07, 6.45) is 12.5. The van der Waals surface area contributed by atoms with E-state index in [2.05, 4.69) is 25.2 Å². The SMILES string of the molecule is C/C=C(\C)C(O)C(C)/C=C(C)/C=C/CC(C)/C=C/c1oc(OC)c(C)c(=O)c1C. The average Bonchev–Trinajstić information content (AvgIpc) is 2.70. The van der Waals surface area contributed by atoms with Crippen LogP contribution in [-0.4, -0.2) is 18.3 Å². The molecule has 1 aromatic rings. The van der Waals surface area contributed by atoms with Gasteiger partial charge in [0.25, 0.3) is 5.95 Å². The topological polar surface area (TPSA) is 59.7 Å². The molecular weight excluding hydrogens is 364 g/mol. The summed E-state index contributed by atoms with van der Waals surface area (Å²) in [5, 5.41) is 10.2. The van der Waals surface area contributed by atoms with Crippen molar-refractivity contribution in [3.8, 4) is 5.95 Å². The van der Waals surface area contributed by atoms with Crippen LogP contribution < -0.4 is 10.2 Å². The molecule has 1 aromatic heterocycles. The largest absolute Gasteiger partial charge is 0.468 e. The molecule has 160 valence electrons. The summed E-state index contributed by atoms with van der Waals surface area (Å²) in [7, 11) is 1.50. The van der Waals surface area contributed by atoms with Crippen molar-refractivity contribution in [2.24, 2.45) is 11.8 Å². The third-order valence-corrected chi connectivity index (χ3v) is 5.16. The van der Waals surface area contributed by atoms with Gasteiger partial charge in [-0.25, -0.2) is 0 Å². The molecule has 0 amide bonds. The van der Waals surface area contributed by atoms with Crippen LogP contribution in [0.25, 0.3) is 6.08 Å². The minimum Gasteiger partial charge on any atom is -0.468 e. The first-order valence-corrected chi connectivity index (χ1v) is 10.1. The van der Waals surface area contributed by atoms with Gasteiger partial charge < -0.3 is 14.3 Å². The van der Waals surface area contributed by atoms with E-state index in [9.17, 15) is 9.90 Å². The summed E-state index contributed by atoms with van der Waals surface area (Å²) in [6, 6.07) is 0. The molecule has 1 N–H and O–H groups in total. The number of aliphatic hydroxyl groups excluding tert-OH is 1. The minimum absolute atomic E-state index is 0.0504. The summed E-state index contributed by atoms with van der Waals surface area (Å²) in [6.45, 7) is 13.5. The van der Waals surface area contributed by atoms with Crippen molar-refractivity contribution in [3.05, 3.63) is 68.6 Å². The van der Waals surface area contributed by atoms with E-state index < -0.39 is 6.10 Å². The van der Waals surface area contributed by atoms with Gasteiger partial charge in [0.15, 0.2) is 5.43 Å². The van der Waals surface area contributed by atoms with Crippen LogP contribution in [0.2, 0.25) is 0 Å². The van der Waals surface area contributed by atoms with Crippen LogP contribution in [0, 0.1) is 25.7 Å². The maximum Gasteiger partial charge on any atom is 0.291 e. The second-order valence-electron chi connectivity index (χ2n) is 7.76. The van der Waals surface area contributed by atoms with Crippen LogP contribution in [0.4, 0.5) is 0 Å². The normalized spacial score (nSPS) is 16.4. The predicted octanol–water partition coefficient (Wildman–Crippen LogP) is 5.77. The van der Waals surface area contributed by atoms with Crippen molar-refractivity contribution < 1.29 is 14.3 Å². The van der Waals surface area contributed by atoms with Gasteiger partial charge in [-0.2, -0.15) is 0 Å². The molecule has 0 saturated heterocycles. The number of hydrogen-bond donors (Lipinski definition) is 1. The van der Waals surface area contributed by atoms with Gasteiger partial charge >= 0.3 is 0 Å². The Bertz CT molecular complexity index is 852. The second kappa shape index (κ2) is 11.6. The van der Waals surface area contributed by atoms with Crippen LogP contribution in [0.3, 0.4) is 0 Å². The minimum atomic E-state index is -0.449. The van der Waals surface area contributed by atoms with Crippen molar-refractivity contribution in [1.82, 2.24) is 0 Å². The summed E-state index contributed by atoms with van der Waals surface area (Å²) >= 11 is 0. The highest BCUT2D eigenvalue weighted by atomic mass is 16.6. The molecule has 1 heterocycles. The molecule has 0 radical (unpaired) electrons. The Labute approximate surface area is 175 Å².